The van der Waals surface area contributed by atoms with Gasteiger partial charge in [0.2, 0.25) is 5.91 Å². The zero-order valence-corrected chi connectivity index (χ0v) is 11.4. The van der Waals surface area contributed by atoms with Gasteiger partial charge in [0, 0.05) is 18.3 Å². The number of hydrogen-bond donors (Lipinski definition) is 2. The Balaban J connectivity index is 2.94. The predicted octanol–water partition coefficient (Wildman–Crippen LogP) is 1.74. The smallest absolute Gasteiger partial charge is 0.234 e. The molecule has 4 heteroatoms. The number of hydrogen-bond acceptors (Lipinski definition) is 3. The van der Waals surface area contributed by atoms with Gasteiger partial charge in [-0.25, -0.2) is 0 Å². The minimum Gasteiger partial charge on any atom is -0.398 e. The van der Waals surface area contributed by atoms with Crippen molar-refractivity contribution in [3.63, 3.8) is 0 Å². The topological polar surface area (TPSA) is 72.4 Å². The highest BCUT2D eigenvalue weighted by Crippen LogP contribution is 2.18. The van der Waals surface area contributed by atoms with Crippen molar-refractivity contribution < 1.29 is 4.79 Å². The Morgan fingerprint density at radius 3 is 2.39 bits per heavy atom. The van der Waals surface area contributed by atoms with Crippen LogP contribution in [0.4, 0.5) is 5.69 Å². The Bertz CT molecular complexity index is 404. The van der Waals surface area contributed by atoms with Crippen LogP contribution in [0.1, 0.15) is 32.8 Å². The number of benzene rings is 1. The third-order valence-corrected chi connectivity index (χ3v) is 3.19. The van der Waals surface area contributed by atoms with Crippen LogP contribution >= 0.6 is 0 Å². The van der Waals surface area contributed by atoms with Gasteiger partial charge in [-0.15, -0.1) is 0 Å². The molecular weight excluding hydrogens is 226 g/mol. The third kappa shape index (κ3) is 3.47. The molecule has 0 bridgehead atoms. The summed E-state index contributed by atoms with van der Waals surface area (Å²) in [6, 6.07) is 7.71. The van der Waals surface area contributed by atoms with Crippen LogP contribution in [0.2, 0.25) is 0 Å². The Morgan fingerprint density at radius 1 is 1.33 bits per heavy atom. The number of nitrogens with two attached hydrogens (primary N) is 2. The molecule has 0 spiro atoms. The minimum absolute atomic E-state index is 0.238. The van der Waals surface area contributed by atoms with E-state index in [-0.39, 0.29) is 18.0 Å². The number of nitrogens with zero attached hydrogens (tertiary/aromatic N) is 1. The number of rotatable bonds is 6. The summed E-state index contributed by atoms with van der Waals surface area (Å²) in [5, 5.41) is 0. The number of carbonyl (C=O) groups is 1. The van der Waals surface area contributed by atoms with Crippen LogP contribution in [0.3, 0.4) is 0 Å². The minimum atomic E-state index is -0.277. The lowest BCUT2D eigenvalue weighted by molar-refractivity contribution is -0.124. The third-order valence-electron chi connectivity index (χ3n) is 3.19. The molecule has 100 valence electrons. The van der Waals surface area contributed by atoms with E-state index in [0.717, 1.165) is 11.3 Å². The molecule has 1 aromatic rings. The molecule has 1 amide bonds. The molecule has 0 heterocycles. The van der Waals surface area contributed by atoms with E-state index in [9.17, 15) is 4.79 Å². The Kier molecular flexibility index (Phi) is 5.16. The molecule has 1 aromatic carbocycles. The van der Waals surface area contributed by atoms with Crippen molar-refractivity contribution in [1.82, 2.24) is 4.90 Å². The summed E-state index contributed by atoms with van der Waals surface area (Å²) in [4.78, 5) is 13.6. The Labute approximate surface area is 109 Å². The zero-order valence-electron chi connectivity index (χ0n) is 11.4. The molecule has 0 saturated carbocycles. The monoisotopic (exact) mass is 249 g/mol. The second-order valence-corrected chi connectivity index (χ2v) is 4.79. The first-order valence-corrected chi connectivity index (χ1v) is 6.35. The maximum Gasteiger partial charge on any atom is 0.234 e. The van der Waals surface area contributed by atoms with Crippen molar-refractivity contribution in [2.75, 3.05) is 5.73 Å². The molecule has 0 aromatic heterocycles. The van der Waals surface area contributed by atoms with Gasteiger partial charge in [-0.05, 0) is 31.9 Å². The van der Waals surface area contributed by atoms with E-state index in [2.05, 4.69) is 18.7 Å². The maximum atomic E-state index is 11.5. The average molecular weight is 249 g/mol. The molecule has 0 aliphatic carbocycles. The van der Waals surface area contributed by atoms with Gasteiger partial charge in [0.25, 0.3) is 0 Å². The number of amides is 1. The summed E-state index contributed by atoms with van der Waals surface area (Å²) in [5.74, 6) is -0.277. The SMILES string of the molecule is CCC(C(N)=O)N(Cc1ccccc1N)C(C)C. The summed E-state index contributed by atoms with van der Waals surface area (Å²) in [5.41, 5.74) is 13.2. The maximum absolute atomic E-state index is 11.5. The van der Waals surface area contributed by atoms with E-state index in [1.807, 2.05) is 31.2 Å². The molecule has 1 unspecified atom stereocenters. The Hall–Kier alpha value is -1.55. The molecule has 0 saturated heterocycles. The number of anilines is 1. The summed E-state index contributed by atoms with van der Waals surface area (Å²) in [6.07, 6.45) is 0.709. The molecule has 4 N–H and O–H groups in total. The average Bonchev–Trinajstić information content (AvgIpc) is 2.30. The highest BCUT2D eigenvalue weighted by atomic mass is 16.1. The molecule has 0 fully saturated rings. The van der Waals surface area contributed by atoms with Gasteiger partial charge in [0.15, 0.2) is 0 Å². The van der Waals surface area contributed by atoms with Crippen LogP contribution in [0.5, 0.6) is 0 Å². The van der Waals surface area contributed by atoms with Crippen LogP contribution < -0.4 is 11.5 Å². The van der Waals surface area contributed by atoms with Crippen LogP contribution in [-0.4, -0.2) is 22.9 Å². The van der Waals surface area contributed by atoms with Crippen LogP contribution in [0.15, 0.2) is 24.3 Å². The predicted molar refractivity (Wildman–Crippen MR) is 74.8 cm³/mol. The van der Waals surface area contributed by atoms with E-state index < -0.39 is 0 Å². The number of carbonyl (C=O) groups excluding carboxylic acids is 1. The number of para-hydroxylation sites is 1. The standard InChI is InChI=1S/C14H23N3O/c1-4-13(14(16)18)17(10(2)3)9-11-7-5-6-8-12(11)15/h5-8,10,13H,4,9,15H2,1-3H3,(H2,16,18). The van der Waals surface area contributed by atoms with Crippen molar-refractivity contribution in [2.24, 2.45) is 5.73 Å². The molecule has 0 aliphatic heterocycles. The van der Waals surface area contributed by atoms with Crippen LogP contribution in [0, 0.1) is 0 Å². The van der Waals surface area contributed by atoms with Crippen molar-refractivity contribution in [2.45, 2.75) is 45.8 Å². The Morgan fingerprint density at radius 2 is 1.94 bits per heavy atom. The van der Waals surface area contributed by atoms with Gasteiger partial charge in [0.05, 0.1) is 6.04 Å². The summed E-state index contributed by atoms with van der Waals surface area (Å²) in [6.45, 7) is 6.74. The quantitative estimate of drug-likeness (QED) is 0.754. The van der Waals surface area contributed by atoms with Gasteiger partial charge in [-0.2, -0.15) is 0 Å². The first-order chi connectivity index (χ1) is 8.47. The molecule has 4 nitrogen and oxygen atoms in total. The zero-order chi connectivity index (χ0) is 13.7. The first kappa shape index (κ1) is 14.5. The summed E-state index contributed by atoms with van der Waals surface area (Å²) in [7, 11) is 0. The van der Waals surface area contributed by atoms with E-state index in [1.165, 1.54) is 0 Å². The van der Waals surface area contributed by atoms with Crippen molar-refractivity contribution in [1.29, 1.82) is 0 Å². The van der Waals surface area contributed by atoms with Crippen LogP contribution in [0.25, 0.3) is 0 Å². The van der Waals surface area contributed by atoms with Gasteiger partial charge >= 0.3 is 0 Å². The van der Waals surface area contributed by atoms with Gasteiger partial charge in [-0.1, -0.05) is 25.1 Å². The molecule has 0 radical (unpaired) electrons. The molecule has 18 heavy (non-hydrogen) atoms. The lowest BCUT2D eigenvalue weighted by Gasteiger charge is -2.32. The van der Waals surface area contributed by atoms with E-state index in [4.69, 9.17) is 11.5 Å². The summed E-state index contributed by atoms with van der Waals surface area (Å²) < 4.78 is 0. The van der Waals surface area contributed by atoms with E-state index in [1.54, 1.807) is 0 Å². The van der Waals surface area contributed by atoms with Gasteiger partial charge in [-0.3, -0.25) is 9.69 Å². The fraction of sp³-hybridized carbons (Fsp3) is 0.500. The van der Waals surface area contributed by atoms with Crippen molar-refractivity contribution >= 4 is 11.6 Å². The molecule has 1 atom stereocenters. The van der Waals surface area contributed by atoms with Gasteiger partial charge < -0.3 is 11.5 Å². The lowest BCUT2D eigenvalue weighted by Crippen LogP contribution is -2.47. The highest BCUT2D eigenvalue weighted by molar-refractivity contribution is 5.79. The number of primary amides is 1. The van der Waals surface area contributed by atoms with Gasteiger partial charge in [0.1, 0.15) is 0 Å². The first-order valence-electron chi connectivity index (χ1n) is 6.35. The largest absolute Gasteiger partial charge is 0.398 e. The second kappa shape index (κ2) is 6.40. The fourth-order valence-electron chi connectivity index (χ4n) is 2.13. The van der Waals surface area contributed by atoms with Crippen molar-refractivity contribution in [3.05, 3.63) is 29.8 Å². The fourth-order valence-corrected chi connectivity index (χ4v) is 2.13. The van der Waals surface area contributed by atoms with E-state index >= 15 is 0 Å². The highest BCUT2D eigenvalue weighted by Gasteiger charge is 2.24. The van der Waals surface area contributed by atoms with E-state index in [0.29, 0.717) is 13.0 Å². The van der Waals surface area contributed by atoms with Crippen molar-refractivity contribution in [3.8, 4) is 0 Å². The normalized spacial score (nSPS) is 12.9. The number of nitrogen functional groups attached to an aromatic ring is 1. The second-order valence-electron chi connectivity index (χ2n) is 4.79. The molecular formula is C14H23N3O. The molecule has 0 aliphatic rings. The lowest BCUT2D eigenvalue weighted by atomic mass is 10.1. The summed E-state index contributed by atoms with van der Waals surface area (Å²) >= 11 is 0. The van der Waals surface area contributed by atoms with Crippen LogP contribution in [-0.2, 0) is 11.3 Å². The molecule has 1 rings (SSSR count).